The predicted octanol–water partition coefficient (Wildman–Crippen LogP) is 3.22. The molecule has 2 aromatic rings. The second-order valence-electron chi connectivity index (χ2n) is 8.83. The topological polar surface area (TPSA) is 114 Å². The molecule has 0 unspecified atom stereocenters. The van der Waals surface area contributed by atoms with Gasteiger partial charge in [-0.25, -0.2) is 0 Å². The molecule has 0 saturated carbocycles. The molecule has 38 heavy (non-hydrogen) atoms. The molecule has 0 radical (unpaired) electrons. The Morgan fingerprint density at radius 1 is 1.08 bits per heavy atom. The van der Waals surface area contributed by atoms with Gasteiger partial charge in [-0.1, -0.05) is 18.2 Å². The van der Waals surface area contributed by atoms with Gasteiger partial charge in [-0.15, -0.1) is 0 Å². The summed E-state index contributed by atoms with van der Waals surface area (Å²) >= 11 is 0.778. The SMILES string of the molecule is COc1cc(/C=C2\SC(=O)N(CC(=O)N3CCOCC3)C2=O)ccc1OCC(=O)Nc1cc(C)ccc1C. The van der Waals surface area contributed by atoms with Gasteiger partial charge in [0, 0.05) is 18.8 Å². The van der Waals surface area contributed by atoms with Gasteiger partial charge in [-0.2, -0.15) is 0 Å². The van der Waals surface area contributed by atoms with Crippen molar-refractivity contribution in [1.29, 1.82) is 0 Å². The lowest BCUT2D eigenvalue weighted by atomic mass is 10.1. The summed E-state index contributed by atoms with van der Waals surface area (Å²) in [6.07, 6.45) is 1.56. The van der Waals surface area contributed by atoms with Crippen molar-refractivity contribution in [3.63, 3.8) is 0 Å². The molecule has 2 fully saturated rings. The number of aryl methyl sites for hydroxylation is 2. The van der Waals surface area contributed by atoms with Gasteiger partial charge in [-0.3, -0.25) is 24.1 Å². The van der Waals surface area contributed by atoms with Crippen LogP contribution in [0.1, 0.15) is 16.7 Å². The first-order valence-corrected chi connectivity index (χ1v) is 12.9. The fourth-order valence-corrected chi connectivity index (χ4v) is 4.77. The molecule has 4 amide bonds. The summed E-state index contributed by atoms with van der Waals surface area (Å²) in [6, 6.07) is 10.8. The highest BCUT2D eigenvalue weighted by molar-refractivity contribution is 8.18. The number of anilines is 1. The van der Waals surface area contributed by atoms with Crippen molar-refractivity contribution in [1.82, 2.24) is 9.80 Å². The number of rotatable bonds is 8. The van der Waals surface area contributed by atoms with Crippen molar-refractivity contribution in [3.8, 4) is 11.5 Å². The van der Waals surface area contributed by atoms with E-state index in [-0.39, 0.29) is 29.9 Å². The van der Waals surface area contributed by atoms with E-state index in [0.29, 0.717) is 43.4 Å². The Morgan fingerprint density at radius 3 is 2.58 bits per heavy atom. The summed E-state index contributed by atoms with van der Waals surface area (Å²) in [4.78, 5) is 53.0. The van der Waals surface area contributed by atoms with E-state index < -0.39 is 11.1 Å². The van der Waals surface area contributed by atoms with Crippen LogP contribution in [0.25, 0.3) is 6.08 Å². The van der Waals surface area contributed by atoms with Crippen molar-refractivity contribution in [2.75, 3.05) is 51.9 Å². The number of ether oxygens (including phenoxy) is 3. The number of imide groups is 1. The number of benzene rings is 2. The van der Waals surface area contributed by atoms with Crippen LogP contribution in [0.5, 0.6) is 11.5 Å². The molecular formula is C27H29N3O7S. The van der Waals surface area contributed by atoms with Crippen molar-refractivity contribution in [2.45, 2.75) is 13.8 Å². The maximum atomic E-state index is 12.9. The smallest absolute Gasteiger partial charge is 0.294 e. The van der Waals surface area contributed by atoms with Gasteiger partial charge in [0.1, 0.15) is 6.54 Å². The lowest BCUT2D eigenvalue weighted by Crippen LogP contribution is -2.46. The summed E-state index contributed by atoms with van der Waals surface area (Å²) in [6.45, 7) is 5.08. The van der Waals surface area contributed by atoms with Gasteiger partial charge in [-0.05, 0) is 66.6 Å². The minimum absolute atomic E-state index is 0.202. The molecule has 10 nitrogen and oxygen atoms in total. The van der Waals surface area contributed by atoms with E-state index in [1.54, 1.807) is 29.2 Å². The molecule has 4 rings (SSSR count). The Labute approximate surface area is 224 Å². The second-order valence-corrected chi connectivity index (χ2v) is 9.82. The second kappa shape index (κ2) is 12.1. The number of thioether (sulfide) groups is 1. The number of nitrogens with one attached hydrogen (secondary N) is 1. The van der Waals surface area contributed by atoms with Gasteiger partial charge in [0.2, 0.25) is 5.91 Å². The highest BCUT2D eigenvalue weighted by Gasteiger charge is 2.37. The fourth-order valence-electron chi connectivity index (χ4n) is 3.93. The van der Waals surface area contributed by atoms with Crippen LogP contribution in [0.3, 0.4) is 0 Å². The Kier molecular flexibility index (Phi) is 8.70. The van der Waals surface area contributed by atoms with Crippen LogP contribution < -0.4 is 14.8 Å². The third kappa shape index (κ3) is 6.53. The maximum Gasteiger partial charge on any atom is 0.294 e. The molecule has 1 N–H and O–H groups in total. The third-order valence-electron chi connectivity index (χ3n) is 6.04. The van der Waals surface area contributed by atoms with Gasteiger partial charge >= 0.3 is 0 Å². The summed E-state index contributed by atoms with van der Waals surface area (Å²) < 4.78 is 16.3. The molecular weight excluding hydrogens is 510 g/mol. The number of morpholine rings is 1. The van der Waals surface area contributed by atoms with E-state index in [1.165, 1.54) is 7.11 Å². The predicted molar refractivity (Wildman–Crippen MR) is 143 cm³/mol. The zero-order valence-electron chi connectivity index (χ0n) is 21.4. The quantitative estimate of drug-likeness (QED) is 0.509. The Hall–Kier alpha value is -3.83. The van der Waals surface area contributed by atoms with E-state index in [1.807, 2.05) is 32.0 Å². The van der Waals surface area contributed by atoms with Crippen LogP contribution in [-0.2, 0) is 19.1 Å². The molecule has 0 aliphatic carbocycles. The number of hydrogen-bond acceptors (Lipinski definition) is 8. The fraction of sp³-hybridized carbons (Fsp3) is 0.333. The molecule has 2 aliphatic heterocycles. The molecule has 0 aromatic heterocycles. The molecule has 11 heteroatoms. The zero-order chi connectivity index (χ0) is 27.2. The first-order chi connectivity index (χ1) is 18.2. The third-order valence-corrected chi connectivity index (χ3v) is 6.95. The van der Waals surface area contributed by atoms with E-state index in [2.05, 4.69) is 5.32 Å². The number of carbonyl (C=O) groups excluding carboxylic acids is 4. The van der Waals surface area contributed by atoms with E-state index in [9.17, 15) is 19.2 Å². The van der Waals surface area contributed by atoms with Gasteiger partial charge in [0.25, 0.3) is 17.1 Å². The van der Waals surface area contributed by atoms with Crippen molar-refractivity contribution < 1.29 is 33.4 Å². The lowest BCUT2D eigenvalue weighted by Gasteiger charge is -2.28. The zero-order valence-corrected chi connectivity index (χ0v) is 22.3. The summed E-state index contributed by atoms with van der Waals surface area (Å²) in [5.74, 6) is -0.416. The standard InChI is InChI=1S/C27H29N3O7S/c1-17-4-5-18(2)20(12-17)28-24(31)16-37-21-7-6-19(13-22(21)35-3)14-23-26(33)30(27(34)38-23)15-25(32)29-8-10-36-11-9-29/h4-7,12-14H,8-11,15-16H2,1-3H3,(H,28,31)/b23-14-. The monoisotopic (exact) mass is 539 g/mol. The summed E-state index contributed by atoms with van der Waals surface area (Å²) in [5.41, 5.74) is 3.30. The number of carbonyl (C=O) groups is 4. The number of methoxy groups -OCH3 is 1. The normalized spacial score (nSPS) is 16.7. The average Bonchev–Trinajstić information content (AvgIpc) is 3.17. The van der Waals surface area contributed by atoms with Gasteiger partial charge in [0.15, 0.2) is 18.1 Å². The van der Waals surface area contributed by atoms with Crippen LogP contribution in [0.4, 0.5) is 10.5 Å². The van der Waals surface area contributed by atoms with E-state index in [0.717, 1.165) is 33.5 Å². The maximum absolute atomic E-state index is 12.9. The van der Waals surface area contributed by atoms with Crippen LogP contribution in [0.15, 0.2) is 41.3 Å². The van der Waals surface area contributed by atoms with Crippen LogP contribution in [-0.4, -0.2) is 79.3 Å². The minimum atomic E-state index is -0.524. The molecule has 200 valence electrons. The van der Waals surface area contributed by atoms with Crippen LogP contribution in [0, 0.1) is 13.8 Å². The molecule has 2 aliphatic rings. The first-order valence-electron chi connectivity index (χ1n) is 12.0. The Balaban J connectivity index is 1.39. The molecule has 2 saturated heterocycles. The molecule has 0 atom stereocenters. The average molecular weight is 540 g/mol. The highest BCUT2D eigenvalue weighted by Crippen LogP contribution is 2.34. The summed E-state index contributed by atoms with van der Waals surface area (Å²) in [7, 11) is 1.47. The van der Waals surface area contributed by atoms with Crippen LogP contribution in [0.2, 0.25) is 0 Å². The van der Waals surface area contributed by atoms with E-state index >= 15 is 0 Å². The first kappa shape index (κ1) is 27.2. The molecule has 0 bridgehead atoms. The van der Waals surface area contributed by atoms with E-state index in [4.69, 9.17) is 14.2 Å². The Morgan fingerprint density at radius 2 is 1.84 bits per heavy atom. The van der Waals surface area contributed by atoms with Gasteiger partial charge in [0.05, 0.1) is 25.2 Å². The molecule has 2 aromatic carbocycles. The number of amides is 4. The van der Waals surface area contributed by atoms with Crippen molar-refractivity contribution in [3.05, 3.63) is 58.0 Å². The van der Waals surface area contributed by atoms with Gasteiger partial charge < -0.3 is 24.4 Å². The number of nitrogens with zero attached hydrogens (tertiary/aromatic N) is 2. The van der Waals surface area contributed by atoms with Crippen LogP contribution >= 0.6 is 11.8 Å². The largest absolute Gasteiger partial charge is 0.493 e. The van der Waals surface area contributed by atoms with Crippen molar-refractivity contribution >= 4 is 46.5 Å². The highest BCUT2D eigenvalue weighted by atomic mass is 32.2. The Bertz CT molecular complexity index is 1290. The van der Waals surface area contributed by atoms with Crippen molar-refractivity contribution in [2.24, 2.45) is 0 Å². The molecule has 2 heterocycles. The molecule has 0 spiro atoms. The summed E-state index contributed by atoms with van der Waals surface area (Å²) in [5, 5.41) is 2.35. The lowest BCUT2D eigenvalue weighted by molar-refractivity contribution is -0.139. The number of hydrogen-bond donors (Lipinski definition) is 1. The minimum Gasteiger partial charge on any atom is -0.493 e.